The lowest BCUT2D eigenvalue weighted by atomic mass is 9.94. The molecule has 0 radical (unpaired) electrons. The van der Waals surface area contributed by atoms with Gasteiger partial charge in [-0.15, -0.1) is 0 Å². The third-order valence-electron chi connectivity index (χ3n) is 9.20. The van der Waals surface area contributed by atoms with Crippen LogP contribution < -0.4 is 27.0 Å². The lowest BCUT2D eigenvalue weighted by Gasteiger charge is -2.27. The van der Waals surface area contributed by atoms with Crippen LogP contribution in [0.4, 0.5) is 0 Å². The number of nitrogens with two attached hydrogens (primary N) is 1. The number of amides is 4. The van der Waals surface area contributed by atoms with E-state index in [2.05, 4.69) is 31.2 Å². The highest BCUT2D eigenvalue weighted by atomic mass is 16.2. The number of carbonyl (C=O) groups excluding carboxylic acids is 4. The fraction of sp³-hybridized carbons (Fsp3) is 0.289. The van der Waals surface area contributed by atoms with Gasteiger partial charge in [0.25, 0.3) is 0 Å². The molecule has 1 fully saturated rings. The molecule has 3 heterocycles. The number of nitrogens with zero attached hydrogens (tertiary/aromatic N) is 1. The topological polar surface area (TPSA) is 171 Å². The van der Waals surface area contributed by atoms with Crippen molar-refractivity contribution in [3.8, 4) is 0 Å². The molecule has 3 aromatic carbocycles. The van der Waals surface area contributed by atoms with Crippen LogP contribution in [-0.2, 0) is 38.4 Å². The van der Waals surface area contributed by atoms with Gasteiger partial charge < -0.3 is 32.0 Å². The Bertz CT molecular complexity index is 1930. The van der Waals surface area contributed by atoms with Gasteiger partial charge in [-0.3, -0.25) is 24.2 Å². The van der Waals surface area contributed by atoms with Gasteiger partial charge in [0.2, 0.25) is 23.6 Å². The quantitative estimate of drug-likeness (QED) is 0.114. The number of benzene rings is 3. The first-order valence-corrected chi connectivity index (χ1v) is 16.7. The third kappa shape index (κ3) is 8.31. The molecule has 0 saturated carbocycles. The second-order valence-corrected chi connectivity index (χ2v) is 12.6. The molecule has 5 aromatic rings. The van der Waals surface area contributed by atoms with Gasteiger partial charge in [0.05, 0.1) is 0 Å². The maximum absolute atomic E-state index is 14.3. The van der Waals surface area contributed by atoms with E-state index in [-0.39, 0.29) is 31.1 Å². The fourth-order valence-electron chi connectivity index (χ4n) is 6.53. The summed E-state index contributed by atoms with van der Waals surface area (Å²) in [6.45, 7) is 1.45. The minimum absolute atomic E-state index is 0.128. The summed E-state index contributed by atoms with van der Waals surface area (Å²) in [4.78, 5) is 61.7. The number of aromatic amines is 1. The van der Waals surface area contributed by atoms with E-state index in [0.29, 0.717) is 12.8 Å². The molecular weight excluding hydrogens is 618 g/mol. The maximum Gasteiger partial charge on any atom is 0.243 e. The molecule has 49 heavy (non-hydrogen) atoms. The SMILES string of the molecule is NC(=O)[C@H](Cc1cccnc1)NC(=O)[C@@H](Cc1c[nH]c2ccccc12)NC(=O)[C@@H](Cc1cccc2ccccc12)NC(=O)C1CCNCC1. The van der Waals surface area contributed by atoms with Gasteiger partial charge in [-0.05, 0) is 65.5 Å². The first-order chi connectivity index (χ1) is 23.9. The van der Waals surface area contributed by atoms with Crippen molar-refractivity contribution in [1.29, 1.82) is 0 Å². The van der Waals surface area contributed by atoms with Crippen molar-refractivity contribution in [3.05, 3.63) is 114 Å². The summed E-state index contributed by atoms with van der Waals surface area (Å²) in [5.74, 6) is -2.20. The Balaban J connectivity index is 1.29. The number of aromatic nitrogens is 2. The van der Waals surface area contributed by atoms with Crippen molar-refractivity contribution < 1.29 is 19.2 Å². The first kappa shape index (κ1) is 33.4. The second-order valence-electron chi connectivity index (χ2n) is 12.6. The van der Waals surface area contributed by atoms with Gasteiger partial charge >= 0.3 is 0 Å². The van der Waals surface area contributed by atoms with Crippen LogP contribution in [0.2, 0.25) is 0 Å². The number of piperidine rings is 1. The molecule has 0 aliphatic carbocycles. The van der Waals surface area contributed by atoms with E-state index in [9.17, 15) is 19.2 Å². The number of para-hydroxylation sites is 1. The predicted molar refractivity (Wildman–Crippen MR) is 188 cm³/mol. The first-order valence-electron chi connectivity index (χ1n) is 16.7. The Hall–Kier alpha value is -5.55. The highest BCUT2D eigenvalue weighted by molar-refractivity contribution is 5.96. The van der Waals surface area contributed by atoms with Gasteiger partial charge in [-0.2, -0.15) is 0 Å². The molecule has 0 bridgehead atoms. The molecule has 6 rings (SSSR count). The second kappa shape index (κ2) is 15.6. The van der Waals surface area contributed by atoms with Gasteiger partial charge in [-0.25, -0.2) is 0 Å². The molecule has 11 heteroatoms. The van der Waals surface area contributed by atoms with E-state index in [0.717, 1.165) is 51.5 Å². The van der Waals surface area contributed by atoms with Crippen molar-refractivity contribution in [2.45, 2.75) is 50.2 Å². The Kier molecular flexibility index (Phi) is 10.6. The highest BCUT2D eigenvalue weighted by Gasteiger charge is 2.32. The van der Waals surface area contributed by atoms with Gasteiger partial charge in [-0.1, -0.05) is 66.7 Å². The Labute approximate surface area is 284 Å². The number of H-pyrrole nitrogens is 1. The van der Waals surface area contributed by atoms with Crippen molar-refractivity contribution in [3.63, 3.8) is 0 Å². The molecule has 4 amide bonds. The van der Waals surface area contributed by atoms with Crippen LogP contribution >= 0.6 is 0 Å². The molecule has 1 aliphatic rings. The van der Waals surface area contributed by atoms with Crippen LogP contribution in [0.3, 0.4) is 0 Å². The fourth-order valence-corrected chi connectivity index (χ4v) is 6.53. The number of hydrogen-bond acceptors (Lipinski definition) is 6. The molecule has 2 aromatic heterocycles. The molecule has 0 spiro atoms. The van der Waals surface area contributed by atoms with Crippen LogP contribution in [0.5, 0.6) is 0 Å². The zero-order chi connectivity index (χ0) is 34.2. The summed E-state index contributed by atoms with van der Waals surface area (Å²) >= 11 is 0. The minimum atomic E-state index is -1.09. The average molecular weight is 660 g/mol. The van der Waals surface area contributed by atoms with E-state index >= 15 is 0 Å². The van der Waals surface area contributed by atoms with E-state index in [1.165, 1.54) is 0 Å². The van der Waals surface area contributed by atoms with Crippen LogP contribution in [0.15, 0.2) is 97.5 Å². The van der Waals surface area contributed by atoms with Crippen molar-refractivity contribution in [2.75, 3.05) is 13.1 Å². The van der Waals surface area contributed by atoms with Crippen LogP contribution in [0.25, 0.3) is 21.7 Å². The number of rotatable bonds is 13. The lowest BCUT2D eigenvalue weighted by molar-refractivity contribution is -0.134. The lowest BCUT2D eigenvalue weighted by Crippen LogP contribution is -2.58. The van der Waals surface area contributed by atoms with Crippen molar-refractivity contribution in [1.82, 2.24) is 31.2 Å². The van der Waals surface area contributed by atoms with Gasteiger partial charge in [0.1, 0.15) is 18.1 Å². The molecule has 11 nitrogen and oxygen atoms in total. The molecular formula is C38H41N7O4. The van der Waals surface area contributed by atoms with Crippen LogP contribution in [0, 0.1) is 5.92 Å². The van der Waals surface area contributed by atoms with Gasteiger partial charge in [0, 0.05) is 54.7 Å². The largest absolute Gasteiger partial charge is 0.368 e. The Morgan fingerprint density at radius 3 is 2.16 bits per heavy atom. The van der Waals surface area contributed by atoms with E-state index in [4.69, 9.17) is 5.73 Å². The number of carbonyl (C=O) groups is 4. The average Bonchev–Trinajstić information content (AvgIpc) is 3.54. The summed E-state index contributed by atoms with van der Waals surface area (Å²) in [5.41, 5.74) is 9.04. The molecule has 1 aliphatic heterocycles. The molecule has 252 valence electrons. The van der Waals surface area contributed by atoms with E-state index in [1.54, 1.807) is 24.5 Å². The normalized spacial score (nSPS) is 15.3. The molecule has 7 N–H and O–H groups in total. The van der Waals surface area contributed by atoms with Crippen LogP contribution in [-0.4, -0.2) is 64.8 Å². The number of fused-ring (bicyclic) bond motifs is 2. The Morgan fingerprint density at radius 1 is 0.735 bits per heavy atom. The van der Waals surface area contributed by atoms with Crippen molar-refractivity contribution in [2.24, 2.45) is 11.7 Å². The van der Waals surface area contributed by atoms with Gasteiger partial charge in [0.15, 0.2) is 0 Å². The smallest absolute Gasteiger partial charge is 0.243 e. The molecule has 0 unspecified atom stereocenters. The minimum Gasteiger partial charge on any atom is -0.368 e. The summed E-state index contributed by atoms with van der Waals surface area (Å²) in [7, 11) is 0. The van der Waals surface area contributed by atoms with E-state index in [1.807, 2.05) is 72.9 Å². The van der Waals surface area contributed by atoms with E-state index < -0.39 is 35.8 Å². The summed E-state index contributed by atoms with van der Waals surface area (Å²) < 4.78 is 0. The predicted octanol–water partition coefficient (Wildman–Crippen LogP) is 2.68. The highest BCUT2D eigenvalue weighted by Crippen LogP contribution is 2.22. The summed E-state index contributed by atoms with van der Waals surface area (Å²) in [6, 6.07) is 21.9. The summed E-state index contributed by atoms with van der Waals surface area (Å²) in [5, 5.41) is 14.9. The number of pyridine rings is 1. The number of primary amides is 1. The monoisotopic (exact) mass is 659 g/mol. The molecule has 3 atom stereocenters. The zero-order valence-corrected chi connectivity index (χ0v) is 27.2. The zero-order valence-electron chi connectivity index (χ0n) is 27.2. The maximum atomic E-state index is 14.3. The molecule has 1 saturated heterocycles. The third-order valence-corrected chi connectivity index (χ3v) is 9.20. The van der Waals surface area contributed by atoms with Crippen molar-refractivity contribution >= 4 is 45.3 Å². The summed E-state index contributed by atoms with van der Waals surface area (Å²) in [6.07, 6.45) is 6.86. The number of hydrogen-bond donors (Lipinski definition) is 6. The standard InChI is InChI=1S/C38H41N7O4/c39-35(46)32(19-24-7-6-16-41-22-24)43-37(48)34(21-28-23-42-31-13-4-3-12-30(28)31)45-38(49)33(44-36(47)26-14-17-40-18-15-26)20-27-10-5-9-25-8-1-2-11-29(25)27/h1-13,16,22-23,26,32-34,40,42H,14-15,17-21H2,(H2,39,46)(H,43,48)(H,44,47)(H,45,49)/t32-,33+,34+/m0/s1. The number of nitrogens with one attached hydrogen (secondary N) is 5. The Morgan fingerprint density at radius 2 is 1.41 bits per heavy atom. The van der Waals surface area contributed by atoms with Crippen LogP contribution in [0.1, 0.15) is 29.5 Å².